The highest BCUT2D eigenvalue weighted by atomic mass is 16.1. The van der Waals surface area contributed by atoms with Crippen LogP contribution >= 0.6 is 0 Å². The Hall–Kier alpha value is -1.07. The van der Waals surface area contributed by atoms with Gasteiger partial charge < -0.3 is 4.79 Å². The number of hydrogen-bond donors (Lipinski definition) is 0. The Balaban J connectivity index is 4.40. The Labute approximate surface area is 99.9 Å². The van der Waals surface area contributed by atoms with E-state index < -0.39 is 0 Å². The molecule has 0 saturated carbocycles. The van der Waals surface area contributed by atoms with Gasteiger partial charge in [-0.3, -0.25) is 0 Å². The lowest BCUT2D eigenvalue weighted by atomic mass is 9.82. The third kappa shape index (κ3) is 5.72. The molecule has 0 fully saturated rings. The standard InChI is InChI=1S/C15H24O/c1-6-8-9-10-13(3)14(7-2)11-15(4,5)12-16/h6,8,12-13H,2,9-11H2,1,3-5H3/b8-6+/t13-/m1/s1. The fourth-order valence-electron chi connectivity index (χ4n) is 1.63. The molecule has 0 unspecified atom stereocenters. The van der Waals surface area contributed by atoms with Crippen LogP contribution in [0.3, 0.4) is 0 Å². The quantitative estimate of drug-likeness (QED) is 0.355. The van der Waals surface area contributed by atoms with Gasteiger partial charge in [-0.2, -0.15) is 0 Å². The maximum atomic E-state index is 10.9. The highest BCUT2D eigenvalue weighted by Gasteiger charge is 2.21. The molecule has 0 aliphatic rings. The van der Waals surface area contributed by atoms with Crippen LogP contribution in [0.25, 0.3) is 0 Å². The molecule has 16 heavy (non-hydrogen) atoms. The molecule has 0 aromatic heterocycles. The summed E-state index contributed by atoms with van der Waals surface area (Å²) in [7, 11) is 0. The Morgan fingerprint density at radius 2 is 2.12 bits per heavy atom. The molecule has 0 amide bonds. The summed E-state index contributed by atoms with van der Waals surface area (Å²) in [4.78, 5) is 10.9. The highest BCUT2D eigenvalue weighted by molar-refractivity contribution is 5.58. The first kappa shape index (κ1) is 14.9. The van der Waals surface area contributed by atoms with E-state index in [4.69, 9.17) is 0 Å². The van der Waals surface area contributed by atoms with E-state index in [1.165, 1.54) is 5.57 Å². The van der Waals surface area contributed by atoms with Crippen molar-refractivity contribution >= 4 is 6.29 Å². The Morgan fingerprint density at radius 3 is 2.56 bits per heavy atom. The lowest BCUT2D eigenvalue weighted by molar-refractivity contribution is -0.114. The molecule has 0 heterocycles. The zero-order valence-corrected chi connectivity index (χ0v) is 11.0. The molecule has 0 aromatic carbocycles. The third-order valence-electron chi connectivity index (χ3n) is 2.79. The van der Waals surface area contributed by atoms with E-state index in [-0.39, 0.29) is 5.41 Å². The summed E-state index contributed by atoms with van der Waals surface area (Å²) in [5, 5.41) is 0. The number of carbonyl (C=O) groups is 1. The Kier molecular flexibility index (Phi) is 6.76. The van der Waals surface area contributed by atoms with E-state index in [9.17, 15) is 4.79 Å². The van der Waals surface area contributed by atoms with E-state index in [0.717, 1.165) is 25.5 Å². The summed E-state index contributed by atoms with van der Waals surface area (Å²) in [5.41, 5.74) is 3.87. The Bertz CT molecular complexity index is 291. The molecular formula is C15H24O. The van der Waals surface area contributed by atoms with E-state index in [2.05, 4.69) is 31.4 Å². The van der Waals surface area contributed by atoms with Crippen LogP contribution in [0.15, 0.2) is 30.0 Å². The normalized spacial score (nSPS) is 13.5. The van der Waals surface area contributed by atoms with E-state index >= 15 is 0 Å². The number of carbonyl (C=O) groups excluding carboxylic acids is 1. The zero-order valence-electron chi connectivity index (χ0n) is 11.0. The van der Waals surface area contributed by atoms with E-state index in [1.807, 2.05) is 20.8 Å². The van der Waals surface area contributed by atoms with Crippen LogP contribution in [0.5, 0.6) is 0 Å². The molecule has 1 heteroatoms. The maximum Gasteiger partial charge on any atom is 0.125 e. The van der Waals surface area contributed by atoms with Gasteiger partial charge in [0.1, 0.15) is 6.29 Å². The Morgan fingerprint density at radius 1 is 1.50 bits per heavy atom. The predicted octanol–water partition coefficient (Wildman–Crippen LogP) is 4.31. The van der Waals surface area contributed by atoms with Gasteiger partial charge >= 0.3 is 0 Å². The van der Waals surface area contributed by atoms with Gasteiger partial charge in [0, 0.05) is 5.41 Å². The average Bonchev–Trinajstić information content (AvgIpc) is 2.26. The van der Waals surface area contributed by atoms with Gasteiger partial charge in [-0.15, -0.1) is 5.73 Å². The molecule has 1 nitrogen and oxygen atoms in total. The van der Waals surface area contributed by atoms with Crippen molar-refractivity contribution in [3.05, 3.63) is 30.0 Å². The van der Waals surface area contributed by atoms with Gasteiger partial charge in [-0.05, 0) is 37.7 Å². The van der Waals surface area contributed by atoms with Gasteiger partial charge in [0.15, 0.2) is 0 Å². The first-order chi connectivity index (χ1) is 7.46. The molecule has 1 atom stereocenters. The van der Waals surface area contributed by atoms with Gasteiger partial charge in [0.05, 0.1) is 0 Å². The minimum atomic E-state index is -0.297. The van der Waals surface area contributed by atoms with Crippen molar-refractivity contribution in [2.75, 3.05) is 0 Å². The summed E-state index contributed by atoms with van der Waals surface area (Å²) in [6, 6.07) is 0. The first-order valence-corrected chi connectivity index (χ1v) is 5.93. The fraction of sp³-hybridized carbons (Fsp3) is 0.600. The van der Waals surface area contributed by atoms with Crippen LogP contribution in [-0.2, 0) is 4.79 Å². The van der Waals surface area contributed by atoms with Crippen LogP contribution in [0.2, 0.25) is 0 Å². The summed E-state index contributed by atoms with van der Waals surface area (Å²) in [5.74, 6) is 0.452. The summed E-state index contributed by atoms with van der Waals surface area (Å²) in [6.07, 6.45) is 8.18. The minimum Gasteiger partial charge on any atom is -0.303 e. The second kappa shape index (κ2) is 7.24. The summed E-state index contributed by atoms with van der Waals surface area (Å²) in [6.45, 7) is 11.9. The van der Waals surface area contributed by atoms with Gasteiger partial charge in [-0.1, -0.05) is 39.5 Å². The number of rotatable bonds is 7. The molecule has 0 aromatic rings. The molecule has 0 aliphatic carbocycles. The second-order valence-electron chi connectivity index (χ2n) is 5.03. The van der Waals surface area contributed by atoms with Crippen molar-refractivity contribution in [3.8, 4) is 0 Å². The highest BCUT2D eigenvalue weighted by Crippen LogP contribution is 2.28. The molecule has 0 radical (unpaired) electrons. The predicted molar refractivity (Wildman–Crippen MR) is 70.3 cm³/mol. The van der Waals surface area contributed by atoms with Crippen LogP contribution in [-0.4, -0.2) is 6.29 Å². The smallest absolute Gasteiger partial charge is 0.125 e. The molecule has 0 N–H and O–H groups in total. The first-order valence-electron chi connectivity index (χ1n) is 5.93. The van der Waals surface area contributed by atoms with Crippen molar-refractivity contribution in [3.63, 3.8) is 0 Å². The lowest BCUT2D eigenvalue weighted by Crippen LogP contribution is -2.16. The zero-order chi connectivity index (χ0) is 12.6. The molecule has 0 spiro atoms. The SMILES string of the molecule is C=C=C(CC(C)(C)C=O)[C@H](C)CC/C=C/C. The molecule has 0 rings (SSSR count). The number of allylic oxidation sites excluding steroid dienone is 3. The fourth-order valence-corrected chi connectivity index (χ4v) is 1.63. The number of hydrogen-bond acceptors (Lipinski definition) is 1. The van der Waals surface area contributed by atoms with Crippen molar-refractivity contribution < 1.29 is 4.79 Å². The monoisotopic (exact) mass is 220 g/mol. The van der Waals surface area contributed by atoms with E-state index in [0.29, 0.717) is 5.92 Å². The van der Waals surface area contributed by atoms with Crippen molar-refractivity contribution in [2.24, 2.45) is 11.3 Å². The van der Waals surface area contributed by atoms with Crippen molar-refractivity contribution in [2.45, 2.75) is 47.0 Å². The molecule has 0 bridgehead atoms. The van der Waals surface area contributed by atoms with Gasteiger partial charge in [0.2, 0.25) is 0 Å². The van der Waals surface area contributed by atoms with Crippen molar-refractivity contribution in [1.29, 1.82) is 0 Å². The molecule has 0 saturated heterocycles. The number of aldehydes is 1. The lowest BCUT2D eigenvalue weighted by Gasteiger charge is -2.21. The second-order valence-corrected chi connectivity index (χ2v) is 5.03. The summed E-state index contributed by atoms with van der Waals surface area (Å²) >= 11 is 0. The molecular weight excluding hydrogens is 196 g/mol. The van der Waals surface area contributed by atoms with Gasteiger partial charge in [0.25, 0.3) is 0 Å². The van der Waals surface area contributed by atoms with Gasteiger partial charge in [-0.25, -0.2) is 0 Å². The summed E-state index contributed by atoms with van der Waals surface area (Å²) < 4.78 is 0. The van der Waals surface area contributed by atoms with E-state index in [1.54, 1.807) is 0 Å². The third-order valence-corrected chi connectivity index (χ3v) is 2.79. The van der Waals surface area contributed by atoms with Crippen molar-refractivity contribution in [1.82, 2.24) is 0 Å². The van der Waals surface area contributed by atoms with Crippen LogP contribution in [0.4, 0.5) is 0 Å². The topological polar surface area (TPSA) is 17.1 Å². The maximum absolute atomic E-state index is 10.9. The average molecular weight is 220 g/mol. The molecule has 90 valence electrons. The molecule has 0 aliphatic heterocycles. The van der Waals surface area contributed by atoms with Crippen LogP contribution in [0.1, 0.15) is 47.0 Å². The van der Waals surface area contributed by atoms with Crippen LogP contribution < -0.4 is 0 Å². The van der Waals surface area contributed by atoms with Crippen LogP contribution in [0, 0.1) is 11.3 Å². The minimum absolute atomic E-state index is 0.297. The largest absolute Gasteiger partial charge is 0.303 e.